The van der Waals surface area contributed by atoms with Crippen LogP contribution in [0.5, 0.6) is 17.2 Å². The number of nitro benzene ring substituents is 1. The Hall–Kier alpha value is -3.87. The average Bonchev–Trinajstić information content (AvgIpc) is 2.75. The van der Waals surface area contributed by atoms with E-state index in [1.807, 2.05) is 39.8 Å². The van der Waals surface area contributed by atoms with Gasteiger partial charge >= 0.3 is 5.97 Å². The minimum absolute atomic E-state index is 0.0194. The Labute approximate surface area is 192 Å². The molecular formula is C26H27NO6. The molecule has 0 aliphatic rings. The van der Waals surface area contributed by atoms with Gasteiger partial charge in [-0.2, -0.15) is 0 Å². The molecule has 0 bridgehead atoms. The molecule has 172 valence electrons. The molecule has 0 spiro atoms. The van der Waals surface area contributed by atoms with E-state index in [2.05, 4.69) is 0 Å². The lowest BCUT2D eigenvalue weighted by molar-refractivity contribution is -0.384. The van der Waals surface area contributed by atoms with E-state index in [9.17, 15) is 20.0 Å². The number of phenols is 1. The molecule has 0 amide bonds. The number of rotatable bonds is 8. The van der Waals surface area contributed by atoms with Gasteiger partial charge in [0.2, 0.25) is 0 Å². The molecule has 0 unspecified atom stereocenters. The lowest BCUT2D eigenvalue weighted by Gasteiger charge is -2.18. The number of phenolic OH excluding ortho intramolecular Hbond substituents is 1. The van der Waals surface area contributed by atoms with Crippen LogP contribution in [0.4, 0.5) is 5.69 Å². The molecule has 0 aliphatic carbocycles. The predicted molar refractivity (Wildman–Crippen MR) is 126 cm³/mol. The summed E-state index contributed by atoms with van der Waals surface area (Å²) in [6, 6.07) is 13.4. The van der Waals surface area contributed by atoms with E-state index in [0.29, 0.717) is 34.6 Å². The molecule has 3 aromatic rings. The second-order valence-electron chi connectivity index (χ2n) is 8.42. The van der Waals surface area contributed by atoms with Crippen molar-refractivity contribution in [2.24, 2.45) is 0 Å². The number of hydrogen-bond acceptors (Lipinski definition) is 5. The molecule has 0 saturated carbocycles. The fraction of sp³-hybridized carbons (Fsp3) is 0.269. The second kappa shape index (κ2) is 9.73. The molecule has 3 aromatic carbocycles. The third-order valence-electron chi connectivity index (χ3n) is 5.49. The summed E-state index contributed by atoms with van der Waals surface area (Å²) < 4.78 is 6.25. The summed E-state index contributed by atoms with van der Waals surface area (Å²) in [6.45, 7) is 7.75. The number of ether oxygens (including phenoxy) is 1. The number of aliphatic carboxylic acids is 1. The zero-order valence-corrected chi connectivity index (χ0v) is 19.1. The first-order valence-corrected chi connectivity index (χ1v) is 10.7. The second-order valence-corrected chi connectivity index (χ2v) is 8.42. The minimum atomic E-state index is -0.838. The Morgan fingerprint density at radius 3 is 2.18 bits per heavy atom. The molecule has 0 aromatic heterocycles. The number of carboxylic acid groups (broad SMARTS) is 1. The topological polar surface area (TPSA) is 110 Å². The summed E-state index contributed by atoms with van der Waals surface area (Å²) in [6.07, 6.45) is 0.506. The SMILES string of the molecule is Cc1cc(CCC(=O)O)cc(C)c1Oc1cc(-c2ccc([N+](=O)[O-])cc2)c(O)c(C(C)C)c1. The van der Waals surface area contributed by atoms with E-state index in [-0.39, 0.29) is 23.8 Å². The maximum Gasteiger partial charge on any atom is 0.303 e. The highest BCUT2D eigenvalue weighted by atomic mass is 16.6. The first kappa shape index (κ1) is 23.8. The Morgan fingerprint density at radius 1 is 1.06 bits per heavy atom. The van der Waals surface area contributed by atoms with E-state index in [4.69, 9.17) is 9.84 Å². The highest BCUT2D eigenvalue weighted by molar-refractivity contribution is 5.75. The number of hydrogen-bond donors (Lipinski definition) is 2. The summed E-state index contributed by atoms with van der Waals surface area (Å²) >= 11 is 0. The third kappa shape index (κ3) is 5.49. The minimum Gasteiger partial charge on any atom is -0.507 e. The largest absolute Gasteiger partial charge is 0.507 e. The highest BCUT2D eigenvalue weighted by Gasteiger charge is 2.18. The Morgan fingerprint density at radius 2 is 1.67 bits per heavy atom. The molecule has 0 saturated heterocycles. The summed E-state index contributed by atoms with van der Waals surface area (Å²) in [5.41, 5.74) is 4.54. The van der Waals surface area contributed by atoms with Crippen LogP contribution in [0.1, 0.15) is 48.4 Å². The van der Waals surface area contributed by atoms with Crippen LogP contribution in [0.15, 0.2) is 48.5 Å². The van der Waals surface area contributed by atoms with E-state index >= 15 is 0 Å². The van der Waals surface area contributed by atoms with Crippen molar-refractivity contribution in [2.45, 2.75) is 46.5 Å². The van der Waals surface area contributed by atoms with Gasteiger partial charge in [0, 0.05) is 29.7 Å². The fourth-order valence-electron chi connectivity index (χ4n) is 3.83. The molecule has 0 radical (unpaired) electrons. The van der Waals surface area contributed by atoms with Gasteiger partial charge in [0.1, 0.15) is 17.2 Å². The van der Waals surface area contributed by atoms with E-state index in [1.54, 1.807) is 24.3 Å². The number of carbonyl (C=O) groups is 1. The lowest BCUT2D eigenvalue weighted by Crippen LogP contribution is -2.00. The van der Waals surface area contributed by atoms with Crippen LogP contribution in [0, 0.1) is 24.0 Å². The normalized spacial score (nSPS) is 10.9. The Kier molecular flexibility index (Phi) is 7.01. The molecule has 2 N–H and O–H groups in total. The molecule has 3 rings (SSSR count). The molecule has 7 nitrogen and oxygen atoms in total. The zero-order valence-electron chi connectivity index (χ0n) is 19.1. The van der Waals surface area contributed by atoms with Crippen molar-refractivity contribution in [3.8, 4) is 28.4 Å². The molecule has 0 atom stereocenters. The van der Waals surface area contributed by atoms with Crippen molar-refractivity contribution in [1.29, 1.82) is 0 Å². The number of nitro groups is 1. The summed E-state index contributed by atoms with van der Waals surface area (Å²) in [4.78, 5) is 21.4. The monoisotopic (exact) mass is 449 g/mol. The van der Waals surface area contributed by atoms with Gasteiger partial charge in [-0.3, -0.25) is 14.9 Å². The molecular weight excluding hydrogens is 422 g/mol. The van der Waals surface area contributed by atoms with Crippen LogP contribution in [-0.2, 0) is 11.2 Å². The number of benzene rings is 3. The number of aromatic hydroxyl groups is 1. The van der Waals surface area contributed by atoms with Gasteiger partial charge in [0.05, 0.1) is 4.92 Å². The predicted octanol–water partition coefficient (Wildman–Crippen LogP) is 6.52. The number of aryl methyl sites for hydroxylation is 3. The van der Waals surface area contributed by atoms with Crippen molar-refractivity contribution in [3.05, 3.63) is 80.9 Å². The quantitative estimate of drug-likeness (QED) is 0.299. The van der Waals surface area contributed by atoms with Crippen molar-refractivity contribution in [1.82, 2.24) is 0 Å². The third-order valence-corrected chi connectivity index (χ3v) is 5.49. The maximum atomic E-state index is 11.0. The lowest BCUT2D eigenvalue weighted by atomic mass is 9.95. The molecule has 0 aliphatic heterocycles. The smallest absolute Gasteiger partial charge is 0.303 e. The molecule has 0 heterocycles. The molecule has 0 fully saturated rings. The maximum absolute atomic E-state index is 11.0. The van der Waals surface area contributed by atoms with E-state index in [0.717, 1.165) is 16.7 Å². The fourth-order valence-corrected chi connectivity index (χ4v) is 3.83. The Balaban J connectivity index is 2.02. The number of non-ortho nitro benzene ring substituents is 1. The van der Waals surface area contributed by atoms with Gasteiger partial charge in [-0.15, -0.1) is 0 Å². The summed E-state index contributed by atoms with van der Waals surface area (Å²) in [5.74, 6) is 0.503. The van der Waals surface area contributed by atoms with Crippen LogP contribution < -0.4 is 4.74 Å². The summed E-state index contributed by atoms with van der Waals surface area (Å²) in [5, 5.41) is 30.8. The zero-order chi connectivity index (χ0) is 24.3. The van der Waals surface area contributed by atoms with Crippen LogP contribution in [0.3, 0.4) is 0 Å². The van der Waals surface area contributed by atoms with Crippen LogP contribution in [0.2, 0.25) is 0 Å². The van der Waals surface area contributed by atoms with Gasteiger partial charge in [0.25, 0.3) is 5.69 Å². The first-order chi connectivity index (χ1) is 15.6. The van der Waals surface area contributed by atoms with Gasteiger partial charge < -0.3 is 14.9 Å². The first-order valence-electron chi connectivity index (χ1n) is 10.7. The summed E-state index contributed by atoms with van der Waals surface area (Å²) in [7, 11) is 0. The highest BCUT2D eigenvalue weighted by Crippen LogP contribution is 2.41. The van der Waals surface area contributed by atoms with Crippen molar-refractivity contribution >= 4 is 11.7 Å². The molecule has 7 heteroatoms. The number of nitrogens with zero attached hydrogens (tertiary/aromatic N) is 1. The standard InChI is InChI=1S/C26H27NO6/c1-15(2)22-13-21(14-23(25(22)30)19-6-8-20(9-7-19)27(31)32)33-26-16(3)11-18(12-17(26)4)5-10-24(28)29/h6-9,11-15,30H,5,10H2,1-4H3,(H,28,29). The average molecular weight is 450 g/mol. The van der Waals surface area contributed by atoms with Crippen LogP contribution in [-0.4, -0.2) is 21.1 Å². The van der Waals surface area contributed by atoms with Gasteiger partial charge in [0.15, 0.2) is 0 Å². The van der Waals surface area contributed by atoms with Gasteiger partial charge in [-0.25, -0.2) is 0 Å². The van der Waals surface area contributed by atoms with Gasteiger partial charge in [-0.1, -0.05) is 26.0 Å². The Bertz CT molecular complexity index is 1180. The van der Waals surface area contributed by atoms with E-state index in [1.165, 1.54) is 12.1 Å². The van der Waals surface area contributed by atoms with E-state index < -0.39 is 10.9 Å². The molecule has 33 heavy (non-hydrogen) atoms. The van der Waals surface area contributed by atoms with Crippen molar-refractivity contribution in [3.63, 3.8) is 0 Å². The van der Waals surface area contributed by atoms with Gasteiger partial charge in [-0.05, 0) is 72.7 Å². The number of carboxylic acids is 1. The van der Waals surface area contributed by atoms with Crippen molar-refractivity contribution in [2.75, 3.05) is 0 Å². The van der Waals surface area contributed by atoms with Crippen LogP contribution in [0.25, 0.3) is 11.1 Å². The van der Waals surface area contributed by atoms with Crippen molar-refractivity contribution < 1.29 is 24.7 Å². The van der Waals surface area contributed by atoms with Crippen LogP contribution >= 0.6 is 0 Å².